The largest absolute Gasteiger partial charge is 0.448 e. The molecule has 134 valence electrons. The van der Waals surface area contributed by atoms with Crippen LogP contribution in [0.25, 0.3) is 0 Å². The van der Waals surface area contributed by atoms with Crippen molar-refractivity contribution in [1.29, 1.82) is 0 Å². The predicted octanol–water partition coefficient (Wildman–Crippen LogP) is 3.59. The Labute approximate surface area is 151 Å². The number of nitrogens with one attached hydrogen (secondary N) is 1. The van der Waals surface area contributed by atoms with Crippen molar-refractivity contribution in [2.75, 3.05) is 5.32 Å². The summed E-state index contributed by atoms with van der Waals surface area (Å²) in [5, 5.41) is 6.93. The topological polar surface area (TPSA) is 73.2 Å². The van der Waals surface area contributed by atoms with Crippen molar-refractivity contribution in [2.45, 2.75) is 58.6 Å². The normalized spacial score (nSPS) is 14.9. The maximum Gasteiger partial charge on any atom is 0.349 e. The molecule has 1 aliphatic carbocycles. The predicted molar refractivity (Wildman–Crippen MR) is 97.1 cm³/mol. The lowest BCUT2D eigenvalue weighted by Gasteiger charge is -2.15. The van der Waals surface area contributed by atoms with E-state index in [1.54, 1.807) is 23.9 Å². The first-order valence-corrected chi connectivity index (χ1v) is 9.44. The molecular weight excluding hydrogens is 338 g/mol. The van der Waals surface area contributed by atoms with Crippen LogP contribution in [0.4, 0.5) is 5.82 Å². The average Bonchev–Trinajstić information content (AvgIpc) is 3.20. The molecule has 2 aromatic rings. The van der Waals surface area contributed by atoms with Gasteiger partial charge in [-0.25, -0.2) is 9.48 Å². The summed E-state index contributed by atoms with van der Waals surface area (Å²) in [5.41, 5.74) is 1.25. The Morgan fingerprint density at radius 3 is 2.76 bits per heavy atom. The zero-order valence-corrected chi connectivity index (χ0v) is 15.6. The van der Waals surface area contributed by atoms with Gasteiger partial charge >= 0.3 is 5.97 Å². The third-order valence-electron chi connectivity index (χ3n) is 4.26. The van der Waals surface area contributed by atoms with Crippen molar-refractivity contribution < 1.29 is 14.3 Å². The number of ether oxygens (including phenoxy) is 1. The molecule has 0 radical (unpaired) electrons. The molecule has 0 saturated carbocycles. The average molecular weight is 361 g/mol. The van der Waals surface area contributed by atoms with Gasteiger partial charge in [0.15, 0.2) is 6.10 Å². The Hall–Kier alpha value is -2.15. The summed E-state index contributed by atoms with van der Waals surface area (Å²) in [6, 6.07) is 3.76. The fourth-order valence-corrected chi connectivity index (χ4v) is 4.05. The minimum Gasteiger partial charge on any atom is -0.448 e. The first-order chi connectivity index (χ1) is 12.0. The van der Waals surface area contributed by atoms with E-state index in [9.17, 15) is 9.59 Å². The minimum atomic E-state index is -0.873. The van der Waals surface area contributed by atoms with E-state index in [0.717, 1.165) is 12.8 Å². The Morgan fingerprint density at radius 2 is 2.04 bits per heavy atom. The van der Waals surface area contributed by atoms with E-state index >= 15 is 0 Å². The molecule has 0 bridgehead atoms. The summed E-state index contributed by atoms with van der Waals surface area (Å²) in [7, 11) is 0. The van der Waals surface area contributed by atoms with E-state index in [1.165, 1.54) is 34.6 Å². The molecule has 0 spiro atoms. The van der Waals surface area contributed by atoms with Gasteiger partial charge < -0.3 is 10.1 Å². The molecule has 3 rings (SSSR count). The van der Waals surface area contributed by atoms with Crippen molar-refractivity contribution >= 4 is 29.0 Å². The monoisotopic (exact) mass is 361 g/mol. The number of aromatic nitrogens is 2. The van der Waals surface area contributed by atoms with E-state index in [-0.39, 0.29) is 11.9 Å². The molecule has 1 N–H and O–H groups in total. The molecule has 7 heteroatoms. The number of carbonyl (C=O) groups is 2. The molecule has 0 saturated heterocycles. The van der Waals surface area contributed by atoms with Crippen LogP contribution in [-0.2, 0) is 22.4 Å². The van der Waals surface area contributed by atoms with Gasteiger partial charge in [0.05, 0.1) is 6.20 Å². The lowest BCUT2D eigenvalue weighted by atomic mass is 9.99. The van der Waals surface area contributed by atoms with Crippen LogP contribution < -0.4 is 5.32 Å². The van der Waals surface area contributed by atoms with E-state index < -0.39 is 12.1 Å². The lowest BCUT2D eigenvalue weighted by Crippen LogP contribution is -2.30. The summed E-state index contributed by atoms with van der Waals surface area (Å²) >= 11 is 1.49. The summed E-state index contributed by atoms with van der Waals surface area (Å²) in [6.45, 7) is 5.53. The number of hydrogen-bond donors (Lipinski definition) is 1. The molecule has 0 unspecified atom stereocenters. The summed E-state index contributed by atoms with van der Waals surface area (Å²) in [5.74, 6) is -0.203. The van der Waals surface area contributed by atoms with Gasteiger partial charge in [-0.2, -0.15) is 5.10 Å². The molecule has 2 heterocycles. The van der Waals surface area contributed by atoms with Crippen molar-refractivity contribution in [3.63, 3.8) is 0 Å². The van der Waals surface area contributed by atoms with Gasteiger partial charge in [-0.3, -0.25) is 4.79 Å². The van der Waals surface area contributed by atoms with Gasteiger partial charge in [-0.15, -0.1) is 11.3 Å². The van der Waals surface area contributed by atoms with Gasteiger partial charge in [-0.05, 0) is 58.1 Å². The zero-order chi connectivity index (χ0) is 18.0. The maximum absolute atomic E-state index is 12.3. The summed E-state index contributed by atoms with van der Waals surface area (Å²) < 4.78 is 7.06. The number of hydrogen-bond acceptors (Lipinski definition) is 5. The molecular formula is C18H23N3O3S. The first-order valence-electron chi connectivity index (χ1n) is 8.62. The van der Waals surface area contributed by atoms with Gasteiger partial charge in [0.2, 0.25) is 0 Å². The molecule has 1 atom stereocenters. The maximum atomic E-state index is 12.3. The lowest BCUT2D eigenvalue weighted by molar-refractivity contribution is -0.123. The number of rotatable bonds is 5. The van der Waals surface area contributed by atoms with Crippen LogP contribution in [0.1, 0.15) is 59.8 Å². The van der Waals surface area contributed by atoms with Gasteiger partial charge in [0, 0.05) is 17.0 Å². The number of carbonyl (C=O) groups excluding carboxylic acids is 2. The fourth-order valence-electron chi connectivity index (χ4n) is 2.92. The Balaban J connectivity index is 1.62. The molecule has 0 aliphatic heterocycles. The molecule has 1 aliphatic rings. The number of amides is 1. The van der Waals surface area contributed by atoms with E-state index in [1.807, 2.05) is 19.9 Å². The SMILES string of the molecule is CC(C)n1nccc1NC(=O)[C@H](C)OC(=O)c1cc2c(s1)CCCC2. The van der Waals surface area contributed by atoms with Crippen molar-refractivity contribution in [3.05, 3.63) is 33.6 Å². The molecule has 6 nitrogen and oxygen atoms in total. The highest BCUT2D eigenvalue weighted by Crippen LogP contribution is 2.30. The minimum absolute atomic E-state index is 0.126. The Kier molecular flexibility index (Phi) is 5.22. The molecule has 2 aromatic heterocycles. The standard InChI is InChI=1S/C18H23N3O3S/c1-11(2)21-16(8-9-19-21)20-17(22)12(3)24-18(23)15-10-13-6-4-5-7-14(13)25-15/h8-12H,4-7H2,1-3H3,(H,20,22)/t12-/m0/s1. The molecule has 0 fully saturated rings. The van der Waals surface area contributed by atoms with Crippen LogP contribution in [0.2, 0.25) is 0 Å². The second-order valence-electron chi connectivity index (χ2n) is 6.56. The van der Waals surface area contributed by atoms with Crippen molar-refractivity contribution in [1.82, 2.24) is 9.78 Å². The van der Waals surface area contributed by atoms with Crippen LogP contribution in [0, 0.1) is 0 Å². The highest BCUT2D eigenvalue weighted by Gasteiger charge is 2.23. The number of thiophene rings is 1. The van der Waals surface area contributed by atoms with Crippen molar-refractivity contribution in [3.8, 4) is 0 Å². The molecule has 1 amide bonds. The Bertz CT molecular complexity index is 755. The summed E-state index contributed by atoms with van der Waals surface area (Å²) in [6.07, 6.45) is 5.15. The third-order valence-corrected chi connectivity index (χ3v) is 5.48. The van der Waals surface area contributed by atoms with Crippen molar-refractivity contribution in [2.24, 2.45) is 0 Å². The third kappa shape index (κ3) is 3.92. The first kappa shape index (κ1) is 17.7. The number of nitrogens with zero attached hydrogens (tertiary/aromatic N) is 2. The highest BCUT2D eigenvalue weighted by molar-refractivity contribution is 7.14. The zero-order valence-electron chi connectivity index (χ0n) is 14.7. The van der Waals surface area contributed by atoms with E-state index in [2.05, 4.69) is 10.4 Å². The second kappa shape index (κ2) is 7.39. The smallest absolute Gasteiger partial charge is 0.349 e. The van der Waals surface area contributed by atoms with Crippen LogP contribution in [-0.4, -0.2) is 27.8 Å². The van der Waals surface area contributed by atoms with E-state index in [0.29, 0.717) is 10.7 Å². The van der Waals surface area contributed by atoms with Crippen LogP contribution in [0.15, 0.2) is 18.3 Å². The Morgan fingerprint density at radius 1 is 1.28 bits per heavy atom. The van der Waals surface area contributed by atoms with Gasteiger partial charge in [-0.1, -0.05) is 0 Å². The van der Waals surface area contributed by atoms with Gasteiger partial charge in [0.25, 0.3) is 5.91 Å². The van der Waals surface area contributed by atoms with Crippen LogP contribution in [0.3, 0.4) is 0 Å². The molecule has 25 heavy (non-hydrogen) atoms. The summed E-state index contributed by atoms with van der Waals surface area (Å²) in [4.78, 5) is 26.5. The number of aryl methyl sites for hydroxylation is 2. The van der Waals surface area contributed by atoms with Crippen LogP contribution >= 0.6 is 11.3 Å². The highest BCUT2D eigenvalue weighted by atomic mass is 32.1. The quantitative estimate of drug-likeness (QED) is 0.826. The second-order valence-corrected chi connectivity index (χ2v) is 7.69. The number of anilines is 1. The van der Waals surface area contributed by atoms with E-state index in [4.69, 9.17) is 4.74 Å². The van der Waals surface area contributed by atoms with Gasteiger partial charge in [0.1, 0.15) is 10.7 Å². The number of esters is 1. The van der Waals surface area contributed by atoms with Crippen LogP contribution in [0.5, 0.6) is 0 Å². The number of fused-ring (bicyclic) bond motifs is 1. The molecule has 0 aromatic carbocycles. The fraction of sp³-hybridized carbons (Fsp3) is 0.500.